The number of anilines is 1. The molecule has 10 heteroatoms. The number of aromatic nitrogens is 1. The van der Waals surface area contributed by atoms with Gasteiger partial charge in [-0.1, -0.05) is 12.1 Å². The fourth-order valence-electron chi connectivity index (χ4n) is 3.32. The van der Waals surface area contributed by atoms with Crippen LogP contribution in [0.25, 0.3) is 0 Å². The van der Waals surface area contributed by atoms with Gasteiger partial charge in [0.05, 0.1) is 31.6 Å². The van der Waals surface area contributed by atoms with Crippen molar-refractivity contribution in [1.82, 2.24) is 9.88 Å². The zero-order valence-corrected chi connectivity index (χ0v) is 20.7. The summed E-state index contributed by atoms with van der Waals surface area (Å²) in [7, 11) is 1.61. The minimum atomic E-state index is -0.350. The molecule has 1 unspecified atom stereocenters. The molecule has 0 saturated heterocycles. The number of nitrogens with one attached hydrogen (secondary N) is 1. The molecule has 0 radical (unpaired) electrons. The molecule has 176 valence electrons. The molecule has 0 saturated carbocycles. The predicted molar refractivity (Wildman–Crippen MR) is 129 cm³/mol. The van der Waals surface area contributed by atoms with Crippen LogP contribution in [0.1, 0.15) is 32.0 Å². The van der Waals surface area contributed by atoms with Crippen molar-refractivity contribution in [3.8, 4) is 5.75 Å². The molecule has 0 aliphatic carbocycles. The van der Waals surface area contributed by atoms with Gasteiger partial charge < -0.3 is 19.7 Å². The van der Waals surface area contributed by atoms with Crippen LogP contribution in [0.5, 0.6) is 5.75 Å². The summed E-state index contributed by atoms with van der Waals surface area (Å²) in [4.78, 5) is 43.0. The highest BCUT2D eigenvalue weighted by Gasteiger charge is 2.35. The van der Waals surface area contributed by atoms with Crippen molar-refractivity contribution >= 4 is 46.0 Å². The normalized spacial score (nSPS) is 15.7. The second kappa shape index (κ2) is 11.3. The zero-order valence-electron chi connectivity index (χ0n) is 19.0. The lowest BCUT2D eigenvalue weighted by molar-refractivity contribution is -0.142. The molecule has 33 heavy (non-hydrogen) atoms. The Balaban J connectivity index is 1.58. The van der Waals surface area contributed by atoms with E-state index in [0.29, 0.717) is 29.6 Å². The summed E-state index contributed by atoms with van der Waals surface area (Å²) < 4.78 is 10.1. The van der Waals surface area contributed by atoms with E-state index in [2.05, 4.69) is 10.3 Å². The number of carbonyl (C=O) groups excluding carboxylic acids is 3. The minimum Gasteiger partial charge on any atom is -0.497 e. The third-order valence-electron chi connectivity index (χ3n) is 5.14. The summed E-state index contributed by atoms with van der Waals surface area (Å²) in [5.41, 5.74) is 3.21. The first kappa shape index (κ1) is 24.8. The number of hydrogen-bond acceptors (Lipinski definition) is 8. The van der Waals surface area contributed by atoms with E-state index in [9.17, 15) is 14.4 Å². The van der Waals surface area contributed by atoms with E-state index in [1.807, 2.05) is 38.1 Å². The van der Waals surface area contributed by atoms with Gasteiger partial charge in [-0.15, -0.1) is 23.1 Å². The fraction of sp³-hybridized carbons (Fsp3) is 0.391. The van der Waals surface area contributed by atoms with E-state index in [1.54, 1.807) is 24.3 Å². The standard InChI is InChI=1S/C23H27N3O5S2/c1-5-31-20(28)10-17-12-33-23(24-17)25-19(27)13-32-22-15(3)14(2)21(29)26(22)11-16-6-8-18(30-4)9-7-16/h6-9,12,22H,5,10-11,13H2,1-4H3,(H,24,25,27). The Labute approximate surface area is 201 Å². The monoisotopic (exact) mass is 489 g/mol. The van der Waals surface area contributed by atoms with Crippen LogP contribution in [0.4, 0.5) is 5.13 Å². The van der Waals surface area contributed by atoms with Crippen molar-refractivity contribution in [2.45, 2.75) is 39.1 Å². The maximum atomic E-state index is 12.8. The molecule has 1 N–H and O–H groups in total. The highest BCUT2D eigenvalue weighted by Crippen LogP contribution is 2.34. The van der Waals surface area contributed by atoms with Gasteiger partial charge in [0.1, 0.15) is 11.1 Å². The van der Waals surface area contributed by atoms with Crippen LogP contribution in [0, 0.1) is 0 Å². The highest BCUT2D eigenvalue weighted by atomic mass is 32.2. The Morgan fingerprint density at radius 2 is 1.97 bits per heavy atom. The largest absolute Gasteiger partial charge is 0.497 e. The summed E-state index contributed by atoms with van der Waals surface area (Å²) in [6.07, 6.45) is 0.0722. The van der Waals surface area contributed by atoms with Crippen molar-refractivity contribution < 1.29 is 23.9 Å². The van der Waals surface area contributed by atoms with E-state index >= 15 is 0 Å². The Morgan fingerprint density at radius 3 is 2.64 bits per heavy atom. The molecule has 1 aromatic carbocycles. The van der Waals surface area contributed by atoms with Gasteiger partial charge in [0.25, 0.3) is 5.91 Å². The zero-order chi connectivity index (χ0) is 24.0. The Kier molecular flexibility index (Phi) is 8.51. The van der Waals surface area contributed by atoms with Crippen LogP contribution in [0.3, 0.4) is 0 Å². The van der Waals surface area contributed by atoms with Gasteiger partial charge in [-0.05, 0) is 44.0 Å². The molecule has 2 amide bonds. The van der Waals surface area contributed by atoms with Crippen LogP contribution in [0.2, 0.25) is 0 Å². The van der Waals surface area contributed by atoms with Crippen molar-refractivity contribution in [2.24, 2.45) is 0 Å². The molecule has 0 bridgehead atoms. The number of benzene rings is 1. The Bertz CT molecular complexity index is 1050. The molecule has 1 aromatic heterocycles. The number of esters is 1. The lowest BCUT2D eigenvalue weighted by Gasteiger charge is -2.26. The first-order chi connectivity index (χ1) is 15.8. The van der Waals surface area contributed by atoms with Gasteiger partial charge in [-0.25, -0.2) is 4.98 Å². The molecular formula is C23H27N3O5S2. The summed E-state index contributed by atoms with van der Waals surface area (Å²) in [6, 6.07) is 7.59. The molecule has 8 nitrogen and oxygen atoms in total. The molecule has 2 heterocycles. The first-order valence-electron chi connectivity index (χ1n) is 10.4. The number of nitrogens with zero attached hydrogens (tertiary/aromatic N) is 2. The van der Waals surface area contributed by atoms with E-state index in [4.69, 9.17) is 9.47 Å². The molecular weight excluding hydrogens is 462 g/mol. The van der Waals surface area contributed by atoms with Crippen molar-refractivity contribution in [3.05, 3.63) is 52.0 Å². The second-order valence-electron chi connectivity index (χ2n) is 7.43. The van der Waals surface area contributed by atoms with Gasteiger partial charge in [0, 0.05) is 17.5 Å². The van der Waals surface area contributed by atoms with Gasteiger partial charge in [0.2, 0.25) is 5.91 Å². The fourth-order valence-corrected chi connectivity index (χ4v) is 5.21. The molecule has 1 aliphatic rings. The van der Waals surface area contributed by atoms with Crippen LogP contribution in [-0.4, -0.2) is 52.5 Å². The topological polar surface area (TPSA) is 97.8 Å². The number of methoxy groups -OCH3 is 1. The van der Waals surface area contributed by atoms with Gasteiger partial charge >= 0.3 is 5.97 Å². The average molecular weight is 490 g/mol. The van der Waals surface area contributed by atoms with E-state index in [1.165, 1.54) is 23.1 Å². The SMILES string of the molecule is CCOC(=O)Cc1csc(NC(=O)CSC2C(C)=C(C)C(=O)N2Cc2ccc(OC)cc2)n1. The maximum Gasteiger partial charge on any atom is 0.311 e. The number of thiazole rings is 1. The van der Waals surface area contributed by atoms with Crippen LogP contribution >= 0.6 is 23.1 Å². The lowest BCUT2D eigenvalue weighted by atomic mass is 10.2. The van der Waals surface area contributed by atoms with Crippen molar-refractivity contribution in [1.29, 1.82) is 0 Å². The van der Waals surface area contributed by atoms with Crippen molar-refractivity contribution in [3.63, 3.8) is 0 Å². The van der Waals surface area contributed by atoms with Gasteiger partial charge in [-0.2, -0.15) is 0 Å². The third-order valence-corrected chi connectivity index (χ3v) is 7.30. The number of thioether (sulfide) groups is 1. The molecule has 3 rings (SSSR count). The summed E-state index contributed by atoms with van der Waals surface area (Å²) in [5.74, 6) is 0.328. The summed E-state index contributed by atoms with van der Waals surface area (Å²) in [6.45, 7) is 6.26. The maximum absolute atomic E-state index is 12.8. The first-order valence-corrected chi connectivity index (χ1v) is 12.4. The molecule has 1 atom stereocenters. The summed E-state index contributed by atoms with van der Waals surface area (Å²) >= 11 is 2.66. The van der Waals surface area contributed by atoms with Gasteiger partial charge in [-0.3, -0.25) is 14.4 Å². The highest BCUT2D eigenvalue weighted by molar-refractivity contribution is 8.00. The number of amides is 2. The molecule has 1 aliphatic heterocycles. The Hall–Kier alpha value is -2.85. The van der Waals surface area contributed by atoms with E-state index < -0.39 is 0 Å². The smallest absolute Gasteiger partial charge is 0.311 e. The third kappa shape index (κ3) is 6.35. The Morgan fingerprint density at radius 1 is 1.24 bits per heavy atom. The predicted octanol–water partition coefficient (Wildman–Crippen LogP) is 3.63. The second-order valence-corrected chi connectivity index (χ2v) is 9.35. The van der Waals surface area contributed by atoms with Gasteiger partial charge in [0.15, 0.2) is 5.13 Å². The number of ether oxygens (including phenoxy) is 2. The average Bonchev–Trinajstić information content (AvgIpc) is 3.31. The number of carbonyl (C=O) groups is 3. The number of rotatable bonds is 10. The minimum absolute atomic E-state index is 0.0234. The van der Waals surface area contributed by atoms with Crippen LogP contribution < -0.4 is 10.1 Å². The van der Waals surface area contributed by atoms with E-state index in [0.717, 1.165) is 16.9 Å². The van der Waals surface area contributed by atoms with Crippen LogP contribution in [-0.2, 0) is 32.1 Å². The molecule has 2 aromatic rings. The quantitative estimate of drug-likeness (QED) is 0.509. The van der Waals surface area contributed by atoms with Crippen LogP contribution in [0.15, 0.2) is 40.8 Å². The lowest BCUT2D eigenvalue weighted by Crippen LogP contribution is -2.34. The van der Waals surface area contributed by atoms with E-state index in [-0.39, 0.29) is 35.3 Å². The summed E-state index contributed by atoms with van der Waals surface area (Å²) in [5, 5.41) is 4.70. The molecule has 0 spiro atoms. The van der Waals surface area contributed by atoms with Crippen molar-refractivity contribution in [2.75, 3.05) is 24.8 Å². The number of hydrogen-bond donors (Lipinski definition) is 1. The molecule has 0 fully saturated rings.